The largest absolute Gasteiger partial charge is 0.442 e. The number of hydrogen-bond donors (Lipinski definition) is 0. The molecule has 0 unspecified atom stereocenters. The molecule has 1 saturated carbocycles. The van der Waals surface area contributed by atoms with Crippen molar-refractivity contribution < 1.29 is 9.09 Å². The second-order valence-corrected chi connectivity index (χ2v) is 8.43. The molecule has 0 aromatic heterocycles. The van der Waals surface area contributed by atoms with Gasteiger partial charge in [-0.05, 0) is 37.1 Å². The fourth-order valence-electron chi connectivity index (χ4n) is 3.17. The minimum atomic E-state index is -3.15. The number of allylic oxidation sites excluding steroid dienone is 1. The van der Waals surface area contributed by atoms with Crippen LogP contribution in [0.15, 0.2) is 73.0 Å². The average molecular weight is 326 g/mol. The van der Waals surface area contributed by atoms with E-state index < -0.39 is 7.37 Å². The fourth-order valence-corrected chi connectivity index (χ4v) is 5.28. The maximum absolute atomic E-state index is 13.8. The first-order valence-corrected chi connectivity index (χ1v) is 9.92. The summed E-state index contributed by atoms with van der Waals surface area (Å²) in [6, 6.07) is 19.0. The van der Waals surface area contributed by atoms with E-state index in [4.69, 9.17) is 4.52 Å². The van der Waals surface area contributed by atoms with Gasteiger partial charge in [-0.2, -0.15) is 0 Å². The Labute approximate surface area is 138 Å². The van der Waals surface area contributed by atoms with Crippen LogP contribution in [-0.2, 0) is 9.09 Å². The van der Waals surface area contributed by atoms with Crippen LogP contribution >= 0.6 is 7.37 Å². The summed E-state index contributed by atoms with van der Waals surface area (Å²) in [5.74, 6) is 1.00. The van der Waals surface area contributed by atoms with Gasteiger partial charge in [-0.15, -0.1) is 0 Å². The molecule has 0 spiro atoms. The molecule has 2 aromatic rings. The lowest BCUT2D eigenvalue weighted by Crippen LogP contribution is -2.20. The Morgan fingerprint density at radius 2 is 1.35 bits per heavy atom. The Hall–Kier alpha value is -1.79. The van der Waals surface area contributed by atoms with Crippen LogP contribution in [0.5, 0.6) is 0 Å². The van der Waals surface area contributed by atoms with Crippen molar-refractivity contribution in [3.05, 3.63) is 73.0 Å². The van der Waals surface area contributed by atoms with Gasteiger partial charge in [-0.3, -0.25) is 4.57 Å². The first kappa shape index (κ1) is 16.1. The van der Waals surface area contributed by atoms with Gasteiger partial charge < -0.3 is 4.52 Å². The zero-order chi connectivity index (χ0) is 16.1. The van der Waals surface area contributed by atoms with Gasteiger partial charge in [-0.1, -0.05) is 62.2 Å². The van der Waals surface area contributed by atoms with Crippen molar-refractivity contribution in [3.63, 3.8) is 0 Å². The maximum Gasteiger partial charge on any atom is 0.306 e. The second-order valence-electron chi connectivity index (χ2n) is 6.12. The van der Waals surface area contributed by atoms with E-state index in [9.17, 15) is 4.57 Å². The molecule has 3 heteroatoms. The topological polar surface area (TPSA) is 26.3 Å². The van der Waals surface area contributed by atoms with Gasteiger partial charge in [-0.25, -0.2) is 0 Å². The molecule has 0 amide bonds. The summed E-state index contributed by atoms with van der Waals surface area (Å²) in [6.45, 7) is 4.12. The molecule has 0 bridgehead atoms. The molecule has 0 aliphatic heterocycles. The monoisotopic (exact) mass is 326 g/mol. The van der Waals surface area contributed by atoms with Crippen LogP contribution in [0, 0.1) is 5.92 Å². The van der Waals surface area contributed by atoms with Gasteiger partial charge in [0.2, 0.25) is 0 Å². The van der Waals surface area contributed by atoms with Crippen molar-refractivity contribution in [2.45, 2.75) is 32.1 Å². The van der Waals surface area contributed by atoms with Crippen LogP contribution in [0.2, 0.25) is 0 Å². The third-order valence-electron chi connectivity index (χ3n) is 4.50. The van der Waals surface area contributed by atoms with Gasteiger partial charge in [0.15, 0.2) is 0 Å². The van der Waals surface area contributed by atoms with Crippen LogP contribution in [0.4, 0.5) is 0 Å². The molecule has 3 rings (SSSR count). The lowest BCUT2D eigenvalue weighted by atomic mass is 9.88. The SMILES string of the molecule is C=C(OP(=O)(c1ccccc1)c1ccccc1)C1CCCCC1. The summed E-state index contributed by atoms with van der Waals surface area (Å²) in [7, 11) is -3.15. The average Bonchev–Trinajstić information content (AvgIpc) is 2.64. The van der Waals surface area contributed by atoms with Gasteiger partial charge in [0.1, 0.15) is 5.76 Å². The Bertz CT molecular complexity index is 645. The molecule has 120 valence electrons. The van der Waals surface area contributed by atoms with E-state index in [0.717, 1.165) is 23.5 Å². The van der Waals surface area contributed by atoms with Gasteiger partial charge >= 0.3 is 7.37 Å². The van der Waals surface area contributed by atoms with Crippen molar-refractivity contribution in [3.8, 4) is 0 Å². The van der Waals surface area contributed by atoms with E-state index in [1.165, 1.54) is 19.3 Å². The van der Waals surface area contributed by atoms with Gasteiger partial charge in [0.25, 0.3) is 0 Å². The molecular formula is C20H23O2P. The van der Waals surface area contributed by atoms with Crippen LogP contribution in [0.3, 0.4) is 0 Å². The second kappa shape index (κ2) is 7.19. The summed E-state index contributed by atoms with van der Waals surface area (Å²) < 4.78 is 19.9. The van der Waals surface area contributed by atoms with Crippen molar-refractivity contribution in [2.24, 2.45) is 5.92 Å². The van der Waals surface area contributed by atoms with Crippen molar-refractivity contribution in [2.75, 3.05) is 0 Å². The van der Waals surface area contributed by atoms with Gasteiger partial charge in [0, 0.05) is 5.92 Å². The van der Waals surface area contributed by atoms with Crippen LogP contribution in [0.25, 0.3) is 0 Å². The minimum absolute atomic E-state index is 0.324. The fraction of sp³-hybridized carbons (Fsp3) is 0.300. The Morgan fingerprint density at radius 1 is 0.870 bits per heavy atom. The summed E-state index contributed by atoms with van der Waals surface area (Å²) in [6.07, 6.45) is 5.85. The standard InChI is InChI=1S/C20H23O2P/c1-17(18-11-5-2-6-12-18)22-23(21,19-13-7-3-8-14-19)20-15-9-4-10-16-20/h3-4,7-10,13-16,18H,1-2,5-6,11-12H2. The molecule has 0 heterocycles. The van der Waals surface area contributed by atoms with Gasteiger partial charge in [0.05, 0.1) is 10.6 Å². The third-order valence-corrected chi connectivity index (χ3v) is 6.95. The molecule has 1 aliphatic rings. The van der Waals surface area contributed by atoms with Crippen molar-refractivity contribution >= 4 is 18.0 Å². The van der Waals surface area contributed by atoms with Crippen molar-refractivity contribution in [1.29, 1.82) is 0 Å². The normalized spacial score (nSPS) is 16.0. The lowest BCUT2D eigenvalue weighted by Gasteiger charge is -2.28. The summed E-state index contributed by atoms with van der Waals surface area (Å²) in [5, 5.41) is 1.45. The molecule has 2 aromatic carbocycles. The number of hydrogen-bond acceptors (Lipinski definition) is 2. The maximum atomic E-state index is 13.8. The number of benzene rings is 2. The molecule has 1 aliphatic carbocycles. The molecule has 23 heavy (non-hydrogen) atoms. The van der Waals surface area contributed by atoms with E-state index in [2.05, 4.69) is 6.58 Å². The predicted molar refractivity (Wildman–Crippen MR) is 96.6 cm³/mol. The lowest BCUT2D eigenvalue weighted by molar-refractivity contribution is 0.296. The third kappa shape index (κ3) is 3.59. The highest BCUT2D eigenvalue weighted by molar-refractivity contribution is 7.74. The molecule has 0 radical (unpaired) electrons. The van der Waals surface area contributed by atoms with Crippen LogP contribution in [0.1, 0.15) is 32.1 Å². The van der Waals surface area contributed by atoms with Crippen LogP contribution in [-0.4, -0.2) is 0 Å². The molecule has 1 fully saturated rings. The highest BCUT2D eigenvalue weighted by atomic mass is 31.2. The summed E-state index contributed by atoms with van der Waals surface area (Å²) in [4.78, 5) is 0. The van der Waals surface area contributed by atoms with E-state index in [0.29, 0.717) is 11.7 Å². The molecular weight excluding hydrogens is 303 g/mol. The summed E-state index contributed by atoms with van der Waals surface area (Å²) in [5.41, 5.74) is 0. The minimum Gasteiger partial charge on any atom is -0.442 e. The van der Waals surface area contributed by atoms with E-state index in [-0.39, 0.29) is 0 Å². The zero-order valence-corrected chi connectivity index (χ0v) is 14.3. The first-order valence-electron chi connectivity index (χ1n) is 8.30. The smallest absolute Gasteiger partial charge is 0.306 e. The molecule has 0 atom stereocenters. The summed E-state index contributed by atoms with van der Waals surface area (Å²) >= 11 is 0. The molecule has 0 N–H and O–H groups in total. The van der Waals surface area contributed by atoms with Crippen LogP contribution < -0.4 is 10.6 Å². The van der Waals surface area contributed by atoms with E-state index >= 15 is 0 Å². The highest BCUT2D eigenvalue weighted by Gasteiger charge is 2.32. The predicted octanol–water partition coefficient (Wildman–Crippen LogP) is 5.03. The first-order chi connectivity index (χ1) is 11.2. The number of rotatable bonds is 5. The van der Waals surface area contributed by atoms with E-state index in [1.54, 1.807) is 0 Å². The van der Waals surface area contributed by atoms with E-state index in [1.807, 2.05) is 60.7 Å². The van der Waals surface area contributed by atoms with Crippen molar-refractivity contribution in [1.82, 2.24) is 0 Å². The Balaban J connectivity index is 1.93. The highest BCUT2D eigenvalue weighted by Crippen LogP contribution is 2.48. The Morgan fingerprint density at radius 3 is 1.83 bits per heavy atom. The quantitative estimate of drug-likeness (QED) is 0.569. The Kier molecular flexibility index (Phi) is 5.03. The molecule has 2 nitrogen and oxygen atoms in total. The molecule has 0 saturated heterocycles. The zero-order valence-electron chi connectivity index (χ0n) is 13.4.